The number of hydrogen-bond donors (Lipinski definition) is 2. The van der Waals surface area contributed by atoms with Crippen LogP contribution in [0.25, 0.3) is 0 Å². The Kier molecular flexibility index (Phi) is 5.87. The van der Waals surface area contributed by atoms with Gasteiger partial charge < -0.3 is 19.9 Å². The van der Waals surface area contributed by atoms with Crippen LogP contribution in [0.15, 0.2) is 29.3 Å². The molecule has 0 spiro atoms. The van der Waals surface area contributed by atoms with Crippen molar-refractivity contribution in [3.05, 3.63) is 46.1 Å². The van der Waals surface area contributed by atoms with Crippen LogP contribution in [0.5, 0.6) is 0 Å². The molecule has 0 aliphatic carbocycles. The minimum Gasteiger partial charge on any atom is -0.378 e. The molecule has 1 atom stereocenters. The van der Waals surface area contributed by atoms with Crippen molar-refractivity contribution in [1.29, 1.82) is 0 Å². The van der Waals surface area contributed by atoms with Crippen LogP contribution in [0.2, 0.25) is 0 Å². The third kappa shape index (κ3) is 4.51. The lowest BCUT2D eigenvalue weighted by molar-refractivity contribution is 0.122. The zero-order valence-electron chi connectivity index (χ0n) is 16.4. The Labute approximate surface area is 164 Å². The Morgan fingerprint density at radius 3 is 2.89 bits per heavy atom. The molecule has 0 radical (unpaired) electrons. The molecular formula is C20H28N6O2. The number of pyridine rings is 1. The van der Waals surface area contributed by atoms with E-state index < -0.39 is 0 Å². The molecule has 8 nitrogen and oxygen atoms in total. The van der Waals surface area contributed by atoms with Crippen LogP contribution in [0, 0.1) is 6.92 Å². The summed E-state index contributed by atoms with van der Waals surface area (Å²) in [6.45, 7) is 7.89. The highest BCUT2D eigenvalue weighted by molar-refractivity contribution is 5.48. The summed E-state index contributed by atoms with van der Waals surface area (Å²) in [5, 5.41) is 3.42. The maximum atomic E-state index is 11.9. The van der Waals surface area contributed by atoms with E-state index in [0.717, 1.165) is 81.8 Å². The van der Waals surface area contributed by atoms with Crippen molar-refractivity contribution in [2.24, 2.45) is 0 Å². The largest absolute Gasteiger partial charge is 0.378 e. The maximum absolute atomic E-state index is 11.9. The van der Waals surface area contributed by atoms with Crippen molar-refractivity contribution in [3.63, 3.8) is 0 Å². The van der Waals surface area contributed by atoms with Gasteiger partial charge in [0, 0.05) is 55.8 Å². The summed E-state index contributed by atoms with van der Waals surface area (Å²) in [4.78, 5) is 28.6. The molecule has 1 unspecified atom stereocenters. The number of anilines is 2. The maximum Gasteiger partial charge on any atom is 0.182 e. The molecule has 150 valence electrons. The zero-order chi connectivity index (χ0) is 19.3. The number of aryl methyl sites for hydroxylation is 1. The molecule has 8 heteroatoms. The Morgan fingerprint density at radius 2 is 2.07 bits per heavy atom. The SMILES string of the molecule is Cc1cc(=O)cc(C2CCCN2CCNc2cc(N3CCOCC3)ncn2)[nH]1. The minimum atomic E-state index is 0.0767. The van der Waals surface area contributed by atoms with Crippen molar-refractivity contribution < 1.29 is 4.74 Å². The summed E-state index contributed by atoms with van der Waals surface area (Å²) in [5.41, 5.74) is 2.02. The van der Waals surface area contributed by atoms with E-state index in [4.69, 9.17) is 4.74 Å². The van der Waals surface area contributed by atoms with E-state index in [1.54, 1.807) is 18.5 Å². The fourth-order valence-electron chi connectivity index (χ4n) is 4.07. The van der Waals surface area contributed by atoms with E-state index in [9.17, 15) is 4.79 Å². The lowest BCUT2D eigenvalue weighted by atomic mass is 10.1. The second kappa shape index (κ2) is 8.70. The first-order valence-electron chi connectivity index (χ1n) is 10.0. The first-order valence-corrected chi connectivity index (χ1v) is 10.0. The highest BCUT2D eigenvalue weighted by Gasteiger charge is 2.26. The number of morpholine rings is 1. The van der Waals surface area contributed by atoms with Gasteiger partial charge in [0.15, 0.2) is 5.43 Å². The Hall–Kier alpha value is -2.45. The number of nitrogens with zero attached hydrogens (tertiary/aromatic N) is 4. The molecule has 2 aliphatic rings. The molecule has 0 amide bonds. The zero-order valence-corrected chi connectivity index (χ0v) is 16.4. The van der Waals surface area contributed by atoms with Crippen LogP contribution in [0.3, 0.4) is 0 Å². The van der Waals surface area contributed by atoms with Crippen LogP contribution >= 0.6 is 0 Å². The smallest absolute Gasteiger partial charge is 0.182 e. The van der Waals surface area contributed by atoms with Crippen molar-refractivity contribution in [1.82, 2.24) is 19.9 Å². The van der Waals surface area contributed by atoms with Gasteiger partial charge in [0.1, 0.15) is 18.0 Å². The fraction of sp³-hybridized carbons (Fsp3) is 0.550. The molecule has 28 heavy (non-hydrogen) atoms. The summed E-state index contributed by atoms with van der Waals surface area (Å²) in [6.07, 6.45) is 3.84. The van der Waals surface area contributed by atoms with Crippen LogP contribution < -0.4 is 15.6 Å². The van der Waals surface area contributed by atoms with E-state index in [2.05, 4.69) is 30.1 Å². The average Bonchev–Trinajstić information content (AvgIpc) is 3.17. The Bertz CT molecular complexity index is 849. The normalized spacial score (nSPS) is 20.5. The summed E-state index contributed by atoms with van der Waals surface area (Å²) in [6, 6.07) is 5.67. The number of aromatic nitrogens is 3. The molecule has 2 aromatic heterocycles. The van der Waals surface area contributed by atoms with Gasteiger partial charge in [-0.15, -0.1) is 0 Å². The molecule has 0 aromatic carbocycles. The second-order valence-corrected chi connectivity index (χ2v) is 7.44. The first kappa shape index (κ1) is 18.9. The van der Waals surface area contributed by atoms with Gasteiger partial charge >= 0.3 is 0 Å². The van der Waals surface area contributed by atoms with Crippen molar-refractivity contribution in [3.8, 4) is 0 Å². The highest BCUT2D eigenvalue weighted by atomic mass is 16.5. The van der Waals surface area contributed by atoms with Gasteiger partial charge in [0.05, 0.1) is 19.3 Å². The van der Waals surface area contributed by atoms with Gasteiger partial charge in [-0.1, -0.05) is 0 Å². The Balaban J connectivity index is 1.35. The van der Waals surface area contributed by atoms with Gasteiger partial charge in [0.2, 0.25) is 0 Å². The Morgan fingerprint density at radius 1 is 1.21 bits per heavy atom. The van der Waals surface area contributed by atoms with E-state index in [0.29, 0.717) is 0 Å². The van der Waals surface area contributed by atoms with Gasteiger partial charge in [-0.3, -0.25) is 9.69 Å². The number of aromatic amines is 1. The van der Waals surface area contributed by atoms with Crippen molar-refractivity contribution in [2.45, 2.75) is 25.8 Å². The van der Waals surface area contributed by atoms with Crippen LogP contribution in [0.4, 0.5) is 11.6 Å². The molecule has 2 aromatic rings. The number of H-pyrrole nitrogens is 1. The molecule has 2 saturated heterocycles. The second-order valence-electron chi connectivity index (χ2n) is 7.44. The van der Waals surface area contributed by atoms with Crippen LogP contribution in [0.1, 0.15) is 30.3 Å². The van der Waals surface area contributed by atoms with Crippen molar-refractivity contribution >= 4 is 11.6 Å². The molecule has 2 fully saturated rings. The van der Waals surface area contributed by atoms with Gasteiger partial charge in [-0.25, -0.2) is 9.97 Å². The number of hydrogen-bond acceptors (Lipinski definition) is 7. The molecule has 2 N–H and O–H groups in total. The summed E-state index contributed by atoms with van der Waals surface area (Å²) in [5.74, 6) is 1.79. The summed E-state index contributed by atoms with van der Waals surface area (Å²) >= 11 is 0. The standard InChI is InChI=1S/C20H28N6O2/c1-15-11-16(27)12-17(24-15)18-3-2-5-25(18)6-4-21-19-13-20(23-14-22-19)26-7-9-28-10-8-26/h11-14,18H,2-10H2,1H3,(H,24,27)(H,21,22,23). The van der Waals surface area contributed by atoms with Gasteiger partial charge in [-0.2, -0.15) is 0 Å². The van der Waals surface area contributed by atoms with Crippen LogP contribution in [-0.4, -0.2) is 65.8 Å². The third-order valence-electron chi connectivity index (χ3n) is 5.41. The molecule has 4 rings (SSSR count). The monoisotopic (exact) mass is 384 g/mol. The highest BCUT2D eigenvalue weighted by Crippen LogP contribution is 2.29. The molecular weight excluding hydrogens is 356 g/mol. The number of ether oxygens (including phenoxy) is 1. The topological polar surface area (TPSA) is 86.4 Å². The van der Waals surface area contributed by atoms with Crippen LogP contribution in [-0.2, 0) is 4.74 Å². The summed E-state index contributed by atoms with van der Waals surface area (Å²) in [7, 11) is 0. The predicted octanol–water partition coefficient (Wildman–Crippen LogP) is 1.56. The average molecular weight is 384 g/mol. The number of rotatable bonds is 6. The van der Waals surface area contributed by atoms with Gasteiger partial charge in [-0.05, 0) is 26.3 Å². The van der Waals surface area contributed by atoms with E-state index in [1.165, 1.54) is 0 Å². The lowest BCUT2D eigenvalue weighted by Crippen LogP contribution is -2.36. The first-order chi connectivity index (χ1) is 13.7. The quantitative estimate of drug-likeness (QED) is 0.782. The third-order valence-corrected chi connectivity index (χ3v) is 5.41. The predicted molar refractivity (Wildman–Crippen MR) is 109 cm³/mol. The van der Waals surface area contributed by atoms with E-state index in [1.807, 2.05) is 13.0 Å². The lowest BCUT2D eigenvalue weighted by Gasteiger charge is -2.28. The number of likely N-dealkylation sites (tertiary alicyclic amines) is 1. The van der Waals surface area contributed by atoms with Crippen molar-refractivity contribution in [2.75, 3.05) is 56.2 Å². The van der Waals surface area contributed by atoms with Gasteiger partial charge in [0.25, 0.3) is 0 Å². The van der Waals surface area contributed by atoms with E-state index in [-0.39, 0.29) is 11.5 Å². The molecule has 0 bridgehead atoms. The molecule has 0 saturated carbocycles. The minimum absolute atomic E-state index is 0.0767. The molecule has 2 aliphatic heterocycles. The van der Waals surface area contributed by atoms with E-state index >= 15 is 0 Å². The fourth-order valence-corrected chi connectivity index (χ4v) is 4.07. The summed E-state index contributed by atoms with van der Waals surface area (Å²) < 4.78 is 5.41. The molecule has 4 heterocycles. The number of nitrogens with one attached hydrogen (secondary N) is 2.